The number of fused-ring (bicyclic) bond motifs is 1. The van der Waals surface area contributed by atoms with E-state index >= 15 is 0 Å². The fourth-order valence-corrected chi connectivity index (χ4v) is 3.90. The normalized spacial score (nSPS) is 14.7. The van der Waals surface area contributed by atoms with Crippen molar-refractivity contribution in [3.05, 3.63) is 38.8 Å². The van der Waals surface area contributed by atoms with E-state index in [1.807, 2.05) is 6.07 Å². The first-order valence-corrected chi connectivity index (χ1v) is 7.55. The van der Waals surface area contributed by atoms with Crippen molar-refractivity contribution in [2.45, 2.75) is 26.2 Å². The van der Waals surface area contributed by atoms with Gasteiger partial charge < -0.3 is 0 Å². The molecule has 1 aromatic carbocycles. The number of benzene rings is 1. The molecule has 0 amide bonds. The van der Waals surface area contributed by atoms with Crippen LogP contribution in [0.2, 0.25) is 0 Å². The van der Waals surface area contributed by atoms with E-state index in [-0.39, 0.29) is 5.78 Å². The second kappa shape index (κ2) is 4.59. The standard InChI is InChI=1S/C14H12BrNOS/c1-8-7-9(15)5-6-10(8)14-16-11-3-2-4-12(17)13(11)18-14/h5-7H,2-4H2,1H3. The number of thiazole rings is 1. The van der Waals surface area contributed by atoms with Crippen molar-refractivity contribution in [3.8, 4) is 10.6 Å². The number of nitrogens with zero attached hydrogens (tertiary/aromatic N) is 1. The van der Waals surface area contributed by atoms with Gasteiger partial charge in [0.2, 0.25) is 0 Å². The molecular formula is C14H12BrNOS. The number of aryl methyl sites for hydroxylation is 2. The number of Topliss-reactive ketones (excluding diaryl/α,β-unsaturated/α-hetero) is 1. The first kappa shape index (κ1) is 12.1. The molecule has 0 N–H and O–H groups in total. The Morgan fingerprint density at radius 3 is 2.89 bits per heavy atom. The van der Waals surface area contributed by atoms with Crippen LogP contribution in [0.4, 0.5) is 0 Å². The van der Waals surface area contributed by atoms with Gasteiger partial charge in [-0.05, 0) is 37.5 Å². The summed E-state index contributed by atoms with van der Waals surface area (Å²) in [5.74, 6) is 0.259. The van der Waals surface area contributed by atoms with E-state index in [1.54, 1.807) is 11.3 Å². The molecule has 0 fully saturated rings. The summed E-state index contributed by atoms with van der Waals surface area (Å²) >= 11 is 5.00. The predicted octanol–water partition coefficient (Wildman–Crippen LogP) is 4.40. The lowest BCUT2D eigenvalue weighted by Crippen LogP contribution is -2.07. The summed E-state index contributed by atoms with van der Waals surface area (Å²) < 4.78 is 1.07. The zero-order chi connectivity index (χ0) is 12.7. The van der Waals surface area contributed by atoms with Gasteiger partial charge in [-0.3, -0.25) is 4.79 Å². The monoisotopic (exact) mass is 321 g/mol. The summed E-state index contributed by atoms with van der Waals surface area (Å²) in [5.41, 5.74) is 3.31. The molecule has 0 bridgehead atoms. The van der Waals surface area contributed by atoms with Crippen LogP contribution in [0.3, 0.4) is 0 Å². The first-order valence-electron chi connectivity index (χ1n) is 5.94. The Balaban J connectivity index is 2.10. The Labute approximate surface area is 118 Å². The molecule has 1 aliphatic rings. The molecular weight excluding hydrogens is 310 g/mol. The highest BCUT2D eigenvalue weighted by molar-refractivity contribution is 9.10. The van der Waals surface area contributed by atoms with Gasteiger partial charge >= 0.3 is 0 Å². The average Bonchev–Trinajstić information content (AvgIpc) is 2.74. The Bertz CT molecular complexity index is 633. The molecule has 0 atom stereocenters. The van der Waals surface area contributed by atoms with Gasteiger partial charge in [-0.1, -0.05) is 22.0 Å². The maximum absolute atomic E-state index is 11.8. The van der Waals surface area contributed by atoms with E-state index < -0.39 is 0 Å². The molecule has 0 saturated heterocycles. The Hall–Kier alpha value is -1.00. The Morgan fingerprint density at radius 2 is 2.17 bits per heavy atom. The highest BCUT2D eigenvalue weighted by atomic mass is 79.9. The first-order chi connectivity index (χ1) is 8.65. The zero-order valence-corrected chi connectivity index (χ0v) is 12.4. The third-order valence-electron chi connectivity index (χ3n) is 3.19. The largest absolute Gasteiger partial charge is 0.293 e. The fraction of sp³-hybridized carbons (Fsp3) is 0.286. The molecule has 92 valence electrons. The molecule has 1 aliphatic carbocycles. The lowest BCUT2D eigenvalue weighted by molar-refractivity contribution is 0.0976. The van der Waals surface area contributed by atoms with E-state index in [2.05, 4.69) is 40.0 Å². The summed E-state index contributed by atoms with van der Waals surface area (Å²) in [5, 5.41) is 0.972. The highest BCUT2D eigenvalue weighted by Crippen LogP contribution is 2.34. The van der Waals surface area contributed by atoms with Crippen molar-refractivity contribution < 1.29 is 4.79 Å². The van der Waals surface area contributed by atoms with Crippen LogP contribution in [-0.4, -0.2) is 10.8 Å². The van der Waals surface area contributed by atoms with Crippen molar-refractivity contribution in [1.82, 2.24) is 4.98 Å². The van der Waals surface area contributed by atoms with E-state index in [0.29, 0.717) is 6.42 Å². The minimum Gasteiger partial charge on any atom is -0.293 e. The van der Waals surface area contributed by atoms with Gasteiger partial charge in [0.15, 0.2) is 5.78 Å². The minimum absolute atomic E-state index is 0.259. The number of halogens is 1. The van der Waals surface area contributed by atoms with Crippen molar-refractivity contribution in [3.63, 3.8) is 0 Å². The maximum Gasteiger partial charge on any atom is 0.174 e. The molecule has 3 rings (SSSR count). The lowest BCUT2D eigenvalue weighted by atomic mass is 10.0. The van der Waals surface area contributed by atoms with Gasteiger partial charge in [-0.25, -0.2) is 4.98 Å². The van der Waals surface area contributed by atoms with Crippen LogP contribution in [0.25, 0.3) is 10.6 Å². The number of carbonyl (C=O) groups is 1. The van der Waals surface area contributed by atoms with Crippen molar-refractivity contribution in [2.24, 2.45) is 0 Å². The van der Waals surface area contributed by atoms with E-state index in [4.69, 9.17) is 0 Å². The van der Waals surface area contributed by atoms with Crippen LogP contribution in [0.15, 0.2) is 22.7 Å². The summed E-state index contributed by atoms with van der Waals surface area (Å²) in [6.07, 6.45) is 2.55. The lowest BCUT2D eigenvalue weighted by Gasteiger charge is -2.06. The molecule has 2 nitrogen and oxygen atoms in total. The second-order valence-corrected chi connectivity index (χ2v) is 6.45. The summed E-state index contributed by atoms with van der Waals surface area (Å²) in [6.45, 7) is 2.07. The molecule has 1 aromatic heterocycles. The molecule has 4 heteroatoms. The number of aromatic nitrogens is 1. The van der Waals surface area contributed by atoms with Crippen LogP contribution in [0.5, 0.6) is 0 Å². The molecule has 0 spiro atoms. The van der Waals surface area contributed by atoms with Gasteiger partial charge in [-0.15, -0.1) is 11.3 Å². The summed E-state index contributed by atoms with van der Waals surface area (Å²) in [4.78, 5) is 17.4. The smallest absolute Gasteiger partial charge is 0.174 e. The Kier molecular flexibility index (Phi) is 3.08. The van der Waals surface area contributed by atoms with Crippen LogP contribution in [-0.2, 0) is 6.42 Å². The van der Waals surface area contributed by atoms with Gasteiger partial charge in [-0.2, -0.15) is 0 Å². The third kappa shape index (κ3) is 2.04. The van der Waals surface area contributed by atoms with Gasteiger partial charge in [0.05, 0.1) is 10.6 Å². The minimum atomic E-state index is 0.259. The number of hydrogen-bond acceptors (Lipinski definition) is 3. The number of ketones is 1. The van der Waals surface area contributed by atoms with Crippen LogP contribution in [0.1, 0.15) is 33.8 Å². The fourth-order valence-electron chi connectivity index (χ4n) is 2.25. The molecule has 0 aliphatic heterocycles. The maximum atomic E-state index is 11.8. The molecule has 2 aromatic rings. The quantitative estimate of drug-likeness (QED) is 0.779. The Morgan fingerprint density at radius 1 is 1.33 bits per heavy atom. The second-order valence-electron chi connectivity index (χ2n) is 4.53. The van der Waals surface area contributed by atoms with Crippen molar-refractivity contribution >= 4 is 33.0 Å². The predicted molar refractivity (Wildman–Crippen MR) is 77.3 cm³/mol. The number of hydrogen-bond donors (Lipinski definition) is 0. The van der Waals surface area contributed by atoms with Gasteiger partial charge in [0.1, 0.15) is 5.01 Å². The SMILES string of the molecule is Cc1cc(Br)ccc1-c1nc2c(s1)C(=O)CCC2. The number of carbonyl (C=O) groups excluding carboxylic acids is 1. The molecule has 0 unspecified atom stereocenters. The van der Waals surface area contributed by atoms with Crippen LogP contribution < -0.4 is 0 Å². The van der Waals surface area contributed by atoms with E-state index in [0.717, 1.165) is 38.5 Å². The molecule has 0 radical (unpaired) electrons. The van der Waals surface area contributed by atoms with Crippen LogP contribution >= 0.6 is 27.3 Å². The van der Waals surface area contributed by atoms with Gasteiger partial charge in [0, 0.05) is 16.5 Å². The zero-order valence-electron chi connectivity index (χ0n) is 10.00. The topological polar surface area (TPSA) is 30.0 Å². The van der Waals surface area contributed by atoms with Crippen LogP contribution in [0, 0.1) is 6.92 Å². The highest BCUT2D eigenvalue weighted by Gasteiger charge is 2.22. The van der Waals surface area contributed by atoms with E-state index in [9.17, 15) is 4.79 Å². The summed E-state index contributed by atoms with van der Waals surface area (Å²) in [7, 11) is 0. The third-order valence-corrected chi connectivity index (χ3v) is 4.85. The van der Waals surface area contributed by atoms with Crippen molar-refractivity contribution in [2.75, 3.05) is 0 Å². The molecule has 0 saturated carbocycles. The number of rotatable bonds is 1. The molecule has 1 heterocycles. The van der Waals surface area contributed by atoms with E-state index in [1.165, 1.54) is 5.56 Å². The van der Waals surface area contributed by atoms with Crippen molar-refractivity contribution in [1.29, 1.82) is 0 Å². The summed E-state index contributed by atoms with van der Waals surface area (Å²) in [6, 6.07) is 6.16. The molecule has 18 heavy (non-hydrogen) atoms. The van der Waals surface area contributed by atoms with Gasteiger partial charge in [0.25, 0.3) is 0 Å². The average molecular weight is 322 g/mol.